The zero-order valence-corrected chi connectivity index (χ0v) is 18.4. The summed E-state index contributed by atoms with van der Waals surface area (Å²) in [6.07, 6.45) is -3.90. The molecule has 1 aromatic heterocycles. The monoisotopic (exact) mass is 482 g/mol. The Hall–Kier alpha value is -3.15. The van der Waals surface area contributed by atoms with Crippen LogP contribution in [0.2, 0.25) is 0 Å². The normalized spacial score (nSPS) is 17.5. The molecule has 0 unspecified atom stereocenters. The molecule has 0 saturated carbocycles. The Labute approximate surface area is 193 Å². The highest BCUT2D eigenvalue weighted by Gasteiger charge is 2.32. The molecule has 2 aliphatic rings. The van der Waals surface area contributed by atoms with Crippen molar-refractivity contribution in [2.24, 2.45) is 5.73 Å². The Balaban J connectivity index is 1.39. The van der Waals surface area contributed by atoms with E-state index in [1.54, 1.807) is 20.5 Å². The lowest BCUT2D eigenvalue weighted by molar-refractivity contribution is -0.138. The number of amides is 3. The Morgan fingerprint density at radius 2 is 1.88 bits per heavy atom. The molecule has 1 aromatic carbocycles. The number of fused-ring (bicyclic) bond motifs is 1. The molecule has 4 rings (SSSR count). The summed E-state index contributed by atoms with van der Waals surface area (Å²) in [4.78, 5) is 28.4. The van der Waals surface area contributed by atoms with Crippen LogP contribution in [0.15, 0.2) is 24.3 Å². The van der Waals surface area contributed by atoms with Crippen LogP contribution in [0, 0.1) is 5.82 Å². The molecule has 8 nitrogen and oxygen atoms in total. The molecular weight excluding hydrogens is 456 g/mol. The second-order valence-corrected chi connectivity index (χ2v) is 8.62. The number of rotatable bonds is 5. The molecule has 0 radical (unpaired) electrons. The molecule has 0 spiro atoms. The summed E-state index contributed by atoms with van der Waals surface area (Å²) in [7, 11) is 0. The fourth-order valence-electron chi connectivity index (χ4n) is 4.44. The number of alkyl halides is 3. The molecule has 3 heterocycles. The molecule has 2 aliphatic heterocycles. The highest BCUT2D eigenvalue weighted by Crippen LogP contribution is 2.29. The number of nitrogens with zero attached hydrogens (tertiary/aromatic N) is 4. The third-order valence-corrected chi connectivity index (χ3v) is 6.24. The van der Waals surface area contributed by atoms with Gasteiger partial charge in [0, 0.05) is 37.8 Å². The second kappa shape index (κ2) is 9.61. The SMILES string of the molecule is NC(=O)c1c(-c2cccc(F)c2)nn2c1CN(C(=O)NC1CCN(CCC(F)(F)F)CC1)CC2. The van der Waals surface area contributed by atoms with Crippen LogP contribution in [-0.4, -0.2) is 69.9 Å². The summed E-state index contributed by atoms with van der Waals surface area (Å²) in [6, 6.07) is 5.25. The van der Waals surface area contributed by atoms with Crippen LogP contribution in [0.4, 0.5) is 22.4 Å². The van der Waals surface area contributed by atoms with E-state index in [1.807, 2.05) is 0 Å². The van der Waals surface area contributed by atoms with E-state index >= 15 is 0 Å². The van der Waals surface area contributed by atoms with Crippen molar-refractivity contribution in [2.45, 2.75) is 44.6 Å². The van der Waals surface area contributed by atoms with Crippen LogP contribution in [0.25, 0.3) is 11.3 Å². The van der Waals surface area contributed by atoms with E-state index in [0.29, 0.717) is 50.3 Å². The third kappa shape index (κ3) is 5.49. The van der Waals surface area contributed by atoms with Gasteiger partial charge in [-0.1, -0.05) is 12.1 Å². The minimum atomic E-state index is -4.18. The lowest BCUT2D eigenvalue weighted by Gasteiger charge is -2.35. The quantitative estimate of drug-likeness (QED) is 0.641. The predicted molar refractivity (Wildman–Crippen MR) is 115 cm³/mol. The predicted octanol–water partition coefficient (Wildman–Crippen LogP) is 2.73. The Morgan fingerprint density at radius 1 is 1.15 bits per heavy atom. The first-order chi connectivity index (χ1) is 16.1. The van der Waals surface area contributed by atoms with Crippen molar-refractivity contribution >= 4 is 11.9 Å². The average Bonchev–Trinajstić information content (AvgIpc) is 3.17. The number of primary amides is 1. The van der Waals surface area contributed by atoms with Crippen LogP contribution in [0.5, 0.6) is 0 Å². The van der Waals surface area contributed by atoms with Gasteiger partial charge in [0.2, 0.25) is 0 Å². The molecule has 3 amide bonds. The van der Waals surface area contributed by atoms with Crippen LogP contribution >= 0.6 is 0 Å². The number of halogens is 4. The standard InChI is InChI=1S/C22H26F4N6O2/c23-15-3-1-2-14(12-15)19-18(20(27)33)17-13-31(10-11-32(17)29-19)21(34)28-16-4-7-30(8-5-16)9-6-22(24,25)26/h1-3,12,16H,4-11,13H2,(H2,27,33)(H,28,34). The van der Waals surface area contributed by atoms with Crippen LogP contribution in [0.1, 0.15) is 35.3 Å². The molecule has 184 valence electrons. The number of hydrogen-bond donors (Lipinski definition) is 2. The number of hydrogen-bond acceptors (Lipinski definition) is 4. The minimum absolute atomic E-state index is 0.0379. The van der Waals surface area contributed by atoms with E-state index in [9.17, 15) is 27.2 Å². The molecule has 0 aliphatic carbocycles. The summed E-state index contributed by atoms with van der Waals surface area (Å²) in [6.45, 7) is 1.73. The number of carbonyl (C=O) groups excluding carboxylic acids is 2. The molecule has 0 bridgehead atoms. The zero-order chi connectivity index (χ0) is 24.5. The van der Waals surface area contributed by atoms with Gasteiger partial charge in [0.15, 0.2) is 0 Å². The summed E-state index contributed by atoms with van der Waals surface area (Å²) < 4.78 is 52.6. The number of carbonyl (C=O) groups is 2. The van der Waals surface area contributed by atoms with Crippen molar-refractivity contribution in [3.05, 3.63) is 41.3 Å². The van der Waals surface area contributed by atoms with Gasteiger partial charge in [0.1, 0.15) is 11.5 Å². The van der Waals surface area contributed by atoms with Gasteiger partial charge in [-0.15, -0.1) is 0 Å². The summed E-state index contributed by atoms with van der Waals surface area (Å²) in [5.41, 5.74) is 6.94. The molecular formula is C22H26F4N6O2. The first kappa shape index (κ1) is 24.0. The number of piperidine rings is 1. The molecule has 1 saturated heterocycles. The molecule has 1 fully saturated rings. The van der Waals surface area contributed by atoms with Gasteiger partial charge in [-0.25, -0.2) is 9.18 Å². The highest BCUT2D eigenvalue weighted by atomic mass is 19.4. The van der Waals surface area contributed by atoms with Crippen LogP contribution in [0.3, 0.4) is 0 Å². The summed E-state index contributed by atoms with van der Waals surface area (Å²) in [5, 5.41) is 7.39. The lowest BCUT2D eigenvalue weighted by atomic mass is 10.0. The van der Waals surface area contributed by atoms with E-state index in [0.717, 1.165) is 0 Å². The van der Waals surface area contributed by atoms with Gasteiger partial charge in [-0.05, 0) is 25.0 Å². The summed E-state index contributed by atoms with van der Waals surface area (Å²) in [5.74, 6) is -1.18. The van der Waals surface area contributed by atoms with Gasteiger partial charge in [0.05, 0.1) is 30.8 Å². The fourth-order valence-corrected chi connectivity index (χ4v) is 4.44. The molecule has 12 heteroatoms. The van der Waals surface area contributed by atoms with Crippen molar-refractivity contribution < 1.29 is 27.2 Å². The Kier molecular flexibility index (Phi) is 6.78. The van der Waals surface area contributed by atoms with Gasteiger partial charge in [-0.3, -0.25) is 9.48 Å². The molecule has 0 atom stereocenters. The maximum atomic E-state index is 13.7. The first-order valence-electron chi connectivity index (χ1n) is 11.1. The maximum Gasteiger partial charge on any atom is 0.390 e. The van der Waals surface area contributed by atoms with E-state index in [2.05, 4.69) is 10.4 Å². The van der Waals surface area contributed by atoms with E-state index in [-0.39, 0.29) is 36.4 Å². The number of aromatic nitrogens is 2. The lowest BCUT2D eigenvalue weighted by Crippen LogP contribution is -2.51. The Bertz CT molecular complexity index is 1060. The minimum Gasteiger partial charge on any atom is -0.365 e. The van der Waals surface area contributed by atoms with Crippen molar-refractivity contribution in [1.29, 1.82) is 0 Å². The van der Waals surface area contributed by atoms with Crippen molar-refractivity contribution in [3.63, 3.8) is 0 Å². The maximum absolute atomic E-state index is 13.7. The van der Waals surface area contributed by atoms with E-state index in [4.69, 9.17) is 5.73 Å². The zero-order valence-electron chi connectivity index (χ0n) is 18.4. The van der Waals surface area contributed by atoms with Crippen molar-refractivity contribution in [2.75, 3.05) is 26.2 Å². The largest absolute Gasteiger partial charge is 0.390 e. The van der Waals surface area contributed by atoms with Gasteiger partial charge >= 0.3 is 12.2 Å². The van der Waals surface area contributed by atoms with E-state index in [1.165, 1.54) is 18.2 Å². The second-order valence-electron chi connectivity index (χ2n) is 8.62. The summed E-state index contributed by atoms with van der Waals surface area (Å²) >= 11 is 0. The fraction of sp³-hybridized carbons (Fsp3) is 0.500. The first-order valence-corrected chi connectivity index (χ1v) is 11.1. The topological polar surface area (TPSA) is 96.5 Å². The molecule has 3 N–H and O–H groups in total. The highest BCUT2D eigenvalue weighted by molar-refractivity contribution is 6.00. The number of likely N-dealkylation sites (tertiary alicyclic amines) is 1. The molecule has 34 heavy (non-hydrogen) atoms. The Morgan fingerprint density at radius 3 is 2.53 bits per heavy atom. The van der Waals surface area contributed by atoms with Crippen LogP contribution < -0.4 is 11.1 Å². The van der Waals surface area contributed by atoms with E-state index < -0.39 is 24.3 Å². The van der Waals surface area contributed by atoms with Crippen molar-refractivity contribution in [3.8, 4) is 11.3 Å². The number of nitrogens with two attached hydrogens (primary N) is 1. The number of nitrogens with one attached hydrogen (secondary N) is 1. The third-order valence-electron chi connectivity index (χ3n) is 6.24. The molecule has 2 aromatic rings. The van der Waals surface area contributed by atoms with Gasteiger partial charge < -0.3 is 20.9 Å². The van der Waals surface area contributed by atoms with Crippen molar-refractivity contribution in [1.82, 2.24) is 24.9 Å². The number of benzene rings is 1. The average molecular weight is 482 g/mol. The number of urea groups is 1. The smallest absolute Gasteiger partial charge is 0.365 e. The van der Waals surface area contributed by atoms with Gasteiger partial charge in [0.25, 0.3) is 5.91 Å². The van der Waals surface area contributed by atoms with Gasteiger partial charge in [-0.2, -0.15) is 18.3 Å². The van der Waals surface area contributed by atoms with Crippen LogP contribution in [-0.2, 0) is 13.1 Å².